The van der Waals surface area contributed by atoms with E-state index in [4.69, 9.17) is 5.73 Å². The van der Waals surface area contributed by atoms with Gasteiger partial charge in [0.15, 0.2) is 9.84 Å². The van der Waals surface area contributed by atoms with Crippen molar-refractivity contribution >= 4 is 15.7 Å². The second kappa shape index (κ2) is 6.37. The zero-order valence-electron chi connectivity index (χ0n) is 12.1. The van der Waals surface area contributed by atoms with E-state index < -0.39 is 14.6 Å². The molecule has 20 heavy (non-hydrogen) atoms. The van der Waals surface area contributed by atoms with Gasteiger partial charge in [0.2, 0.25) is 5.91 Å². The van der Waals surface area contributed by atoms with Crippen LogP contribution in [0.15, 0.2) is 24.3 Å². The molecule has 112 valence electrons. The van der Waals surface area contributed by atoms with E-state index in [9.17, 15) is 13.2 Å². The molecule has 0 aromatic heterocycles. The normalized spacial score (nSPS) is 12.2. The van der Waals surface area contributed by atoms with E-state index in [2.05, 4.69) is 5.32 Å². The van der Waals surface area contributed by atoms with Crippen molar-refractivity contribution in [3.63, 3.8) is 0 Å². The predicted octanol–water partition coefficient (Wildman–Crippen LogP) is 0.627. The van der Waals surface area contributed by atoms with Crippen molar-refractivity contribution in [1.29, 1.82) is 0 Å². The van der Waals surface area contributed by atoms with E-state index >= 15 is 0 Å². The van der Waals surface area contributed by atoms with Crippen LogP contribution in [0.25, 0.3) is 0 Å². The number of sulfone groups is 1. The average Bonchev–Trinajstić information content (AvgIpc) is 2.36. The van der Waals surface area contributed by atoms with Crippen LogP contribution in [0, 0.1) is 0 Å². The van der Waals surface area contributed by atoms with Crippen LogP contribution in [0.2, 0.25) is 0 Å². The topological polar surface area (TPSA) is 89.3 Å². The number of hydrogen-bond acceptors (Lipinski definition) is 4. The molecule has 3 N–H and O–H groups in total. The van der Waals surface area contributed by atoms with Crippen molar-refractivity contribution in [3.05, 3.63) is 35.4 Å². The molecule has 0 unspecified atom stereocenters. The fraction of sp³-hybridized carbons (Fsp3) is 0.500. The van der Waals surface area contributed by atoms with Crippen LogP contribution >= 0.6 is 0 Å². The number of carbonyl (C=O) groups excluding carboxylic acids is 1. The highest BCUT2D eigenvalue weighted by atomic mass is 32.2. The molecular formula is C14H22N2O3S. The summed E-state index contributed by atoms with van der Waals surface area (Å²) in [5.41, 5.74) is 7.40. The van der Waals surface area contributed by atoms with Gasteiger partial charge in [-0.2, -0.15) is 0 Å². The maximum Gasteiger partial charge on any atom is 0.224 e. The Morgan fingerprint density at radius 2 is 1.80 bits per heavy atom. The van der Waals surface area contributed by atoms with E-state index in [1.54, 1.807) is 13.8 Å². The number of nitrogens with one attached hydrogen (secondary N) is 1. The van der Waals surface area contributed by atoms with Gasteiger partial charge in [0.05, 0.1) is 11.2 Å². The van der Waals surface area contributed by atoms with Crippen LogP contribution in [0.3, 0.4) is 0 Å². The molecule has 1 rings (SSSR count). The summed E-state index contributed by atoms with van der Waals surface area (Å²) >= 11 is 0. The molecule has 5 nitrogen and oxygen atoms in total. The standard InChI is InChI=1S/C14H22N2O3S/c1-14(2,20(3,18)19)10-16-13(17)8-11-6-4-5-7-12(11)9-15/h4-7H,8-10,15H2,1-3H3,(H,16,17). The summed E-state index contributed by atoms with van der Waals surface area (Å²) in [4.78, 5) is 11.9. The molecule has 0 aliphatic rings. The number of nitrogens with two attached hydrogens (primary N) is 1. The highest BCUT2D eigenvalue weighted by Crippen LogP contribution is 2.14. The number of amides is 1. The number of rotatable bonds is 6. The third-order valence-electron chi connectivity index (χ3n) is 3.40. The molecule has 0 aliphatic carbocycles. The Bertz CT molecular complexity index is 580. The van der Waals surface area contributed by atoms with Crippen LogP contribution in [-0.2, 0) is 27.6 Å². The largest absolute Gasteiger partial charge is 0.354 e. The van der Waals surface area contributed by atoms with Crippen LogP contribution in [0.4, 0.5) is 0 Å². The summed E-state index contributed by atoms with van der Waals surface area (Å²) in [6.07, 6.45) is 1.37. The fourth-order valence-electron chi connectivity index (χ4n) is 1.61. The fourth-order valence-corrected chi connectivity index (χ4v) is 1.94. The molecule has 1 amide bonds. The summed E-state index contributed by atoms with van der Waals surface area (Å²) in [6.45, 7) is 3.65. The molecule has 0 heterocycles. The Balaban J connectivity index is 2.66. The Kier molecular flexibility index (Phi) is 5.30. The van der Waals surface area contributed by atoms with E-state index in [1.165, 1.54) is 6.26 Å². The Morgan fingerprint density at radius 3 is 2.30 bits per heavy atom. The first-order valence-electron chi connectivity index (χ1n) is 6.40. The molecule has 0 atom stereocenters. The van der Waals surface area contributed by atoms with Crippen molar-refractivity contribution in [3.8, 4) is 0 Å². The molecule has 1 aromatic carbocycles. The summed E-state index contributed by atoms with van der Waals surface area (Å²) in [6, 6.07) is 7.45. The molecule has 1 aromatic rings. The van der Waals surface area contributed by atoms with E-state index in [1.807, 2.05) is 24.3 Å². The third kappa shape index (κ3) is 4.31. The quantitative estimate of drug-likeness (QED) is 0.806. The van der Waals surface area contributed by atoms with Gasteiger partial charge >= 0.3 is 0 Å². The van der Waals surface area contributed by atoms with E-state index in [0.717, 1.165) is 11.1 Å². The predicted molar refractivity (Wildman–Crippen MR) is 80.0 cm³/mol. The zero-order valence-corrected chi connectivity index (χ0v) is 13.0. The molecule has 0 saturated heterocycles. The molecule has 0 radical (unpaired) electrons. The van der Waals surface area contributed by atoms with Crippen molar-refractivity contribution in [2.75, 3.05) is 12.8 Å². The molecule has 0 spiro atoms. The smallest absolute Gasteiger partial charge is 0.224 e. The lowest BCUT2D eigenvalue weighted by Crippen LogP contribution is -2.44. The summed E-state index contributed by atoms with van der Waals surface area (Å²) < 4.78 is 22.1. The molecule has 0 fully saturated rings. The lowest BCUT2D eigenvalue weighted by Gasteiger charge is -2.22. The second-order valence-electron chi connectivity index (χ2n) is 5.46. The van der Waals surface area contributed by atoms with Gasteiger partial charge in [-0.25, -0.2) is 8.42 Å². The molecule has 6 heteroatoms. The molecule has 0 bridgehead atoms. The first-order chi connectivity index (χ1) is 9.17. The van der Waals surface area contributed by atoms with Crippen molar-refractivity contribution in [2.45, 2.75) is 31.6 Å². The van der Waals surface area contributed by atoms with Gasteiger partial charge < -0.3 is 11.1 Å². The summed E-state index contributed by atoms with van der Waals surface area (Å²) in [5, 5.41) is 2.67. The van der Waals surface area contributed by atoms with Gasteiger partial charge in [0.1, 0.15) is 0 Å². The molecule has 0 saturated carbocycles. The van der Waals surface area contributed by atoms with Gasteiger partial charge in [-0.15, -0.1) is 0 Å². The van der Waals surface area contributed by atoms with Gasteiger partial charge in [-0.1, -0.05) is 24.3 Å². The monoisotopic (exact) mass is 298 g/mol. The number of benzene rings is 1. The van der Waals surface area contributed by atoms with E-state index in [0.29, 0.717) is 6.54 Å². The minimum atomic E-state index is -3.22. The zero-order chi connectivity index (χ0) is 15.4. The van der Waals surface area contributed by atoms with Crippen molar-refractivity contribution in [2.24, 2.45) is 5.73 Å². The van der Waals surface area contributed by atoms with Crippen LogP contribution in [0.5, 0.6) is 0 Å². The maximum absolute atomic E-state index is 11.9. The summed E-state index contributed by atoms with van der Waals surface area (Å²) in [5.74, 6) is -0.206. The average molecular weight is 298 g/mol. The number of hydrogen-bond donors (Lipinski definition) is 2. The Hall–Kier alpha value is -1.40. The maximum atomic E-state index is 11.9. The minimum absolute atomic E-state index is 0.0927. The van der Waals surface area contributed by atoms with Crippen LogP contribution in [0.1, 0.15) is 25.0 Å². The van der Waals surface area contributed by atoms with Crippen molar-refractivity contribution < 1.29 is 13.2 Å². The van der Waals surface area contributed by atoms with Gasteiger partial charge in [0, 0.05) is 19.3 Å². The first-order valence-corrected chi connectivity index (χ1v) is 8.29. The minimum Gasteiger partial charge on any atom is -0.354 e. The molecule has 0 aliphatic heterocycles. The van der Waals surface area contributed by atoms with Gasteiger partial charge in [-0.3, -0.25) is 4.79 Å². The highest BCUT2D eigenvalue weighted by Gasteiger charge is 2.30. The van der Waals surface area contributed by atoms with Crippen LogP contribution in [-0.4, -0.2) is 31.9 Å². The lowest BCUT2D eigenvalue weighted by molar-refractivity contribution is -0.120. The second-order valence-corrected chi connectivity index (χ2v) is 8.11. The van der Waals surface area contributed by atoms with Crippen LogP contribution < -0.4 is 11.1 Å². The molecular weight excluding hydrogens is 276 g/mol. The van der Waals surface area contributed by atoms with Gasteiger partial charge in [-0.05, 0) is 25.0 Å². The first kappa shape index (κ1) is 16.7. The van der Waals surface area contributed by atoms with Gasteiger partial charge in [0.25, 0.3) is 0 Å². The Morgan fingerprint density at radius 1 is 1.25 bits per heavy atom. The Labute approximate surface area is 120 Å². The third-order valence-corrected chi connectivity index (χ3v) is 5.56. The number of carbonyl (C=O) groups is 1. The lowest BCUT2D eigenvalue weighted by atomic mass is 10.0. The highest BCUT2D eigenvalue weighted by molar-refractivity contribution is 7.92. The van der Waals surface area contributed by atoms with E-state index in [-0.39, 0.29) is 18.9 Å². The SMILES string of the molecule is CC(C)(CNC(=O)Cc1ccccc1CN)S(C)(=O)=O. The van der Waals surface area contributed by atoms with Crippen molar-refractivity contribution in [1.82, 2.24) is 5.32 Å². The summed E-state index contributed by atoms with van der Waals surface area (Å²) in [7, 11) is -3.22.